The highest BCUT2D eigenvalue weighted by Crippen LogP contribution is 2.36. The number of aliphatic carboxylic acids is 1. The molecule has 0 radical (unpaired) electrons. The third kappa shape index (κ3) is 3.69. The van der Waals surface area contributed by atoms with Gasteiger partial charge >= 0.3 is 5.97 Å². The summed E-state index contributed by atoms with van der Waals surface area (Å²) in [5.74, 6) is -1.53. The van der Waals surface area contributed by atoms with Crippen LogP contribution in [0, 0.1) is 5.92 Å². The first kappa shape index (κ1) is 22.6. The number of carboxylic acids is 1. The lowest BCUT2D eigenvalue weighted by atomic mass is 9.84. The zero-order valence-electron chi connectivity index (χ0n) is 19.5. The first-order valence-corrected chi connectivity index (χ1v) is 12.3. The number of para-hydroxylation sites is 1. The summed E-state index contributed by atoms with van der Waals surface area (Å²) in [6, 6.07) is 17.8. The van der Waals surface area contributed by atoms with E-state index in [0.717, 1.165) is 32.2 Å². The van der Waals surface area contributed by atoms with Crippen molar-refractivity contribution < 1.29 is 19.4 Å². The number of aromatic nitrogens is 1. The molecule has 2 aromatic carbocycles. The maximum Gasteiger partial charge on any atom is 0.311 e. The number of carboxylic acid groups (broad SMARTS) is 1. The second kappa shape index (κ2) is 8.56. The van der Waals surface area contributed by atoms with Crippen LogP contribution < -0.4 is 5.32 Å². The number of hydrogen-bond donors (Lipinski definition) is 2. The van der Waals surface area contributed by atoms with E-state index in [1.54, 1.807) is 0 Å². The van der Waals surface area contributed by atoms with Crippen molar-refractivity contribution in [2.45, 2.75) is 31.7 Å². The third-order valence-corrected chi connectivity index (χ3v) is 8.14. The summed E-state index contributed by atoms with van der Waals surface area (Å²) in [4.78, 5) is 26.9. The number of fused-ring (bicyclic) bond motifs is 3. The fourth-order valence-corrected chi connectivity index (χ4v) is 6.15. The van der Waals surface area contributed by atoms with E-state index in [4.69, 9.17) is 4.74 Å². The Kier molecular flexibility index (Phi) is 5.70. The molecule has 2 unspecified atom stereocenters. The van der Waals surface area contributed by atoms with Gasteiger partial charge in [0.1, 0.15) is 4.83 Å². The van der Waals surface area contributed by atoms with E-state index in [0.29, 0.717) is 24.5 Å². The SMILES string of the molecule is CC(C)C(C(=O)O)c1ccc(C2(NC(=O)c3cc4c5ccccc5n(C)c4s3)CCOC2)cc1. The fourth-order valence-electron chi connectivity index (χ4n) is 5.10. The fraction of sp³-hybridized carbons (Fsp3) is 0.333. The second-order valence-corrected chi connectivity index (χ2v) is 10.5. The molecule has 4 aromatic rings. The summed E-state index contributed by atoms with van der Waals surface area (Å²) < 4.78 is 7.85. The summed E-state index contributed by atoms with van der Waals surface area (Å²) >= 11 is 1.49. The van der Waals surface area contributed by atoms with Gasteiger partial charge in [-0.25, -0.2) is 0 Å². The molecule has 1 aliphatic heterocycles. The minimum absolute atomic E-state index is 0.0177. The Balaban J connectivity index is 1.45. The van der Waals surface area contributed by atoms with Gasteiger partial charge < -0.3 is 19.7 Å². The predicted octanol–water partition coefficient (Wildman–Crippen LogP) is 5.26. The van der Waals surface area contributed by atoms with Crippen molar-refractivity contribution in [1.29, 1.82) is 0 Å². The van der Waals surface area contributed by atoms with Crippen LogP contribution in [0.15, 0.2) is 54.6 Å². The highest BCUT2D eigenvalue weighted by atomic mass is 32.1. The minimum atomic E-state index is -0.827. The number of hydrogen-bond acceptors (Lipinski definition) is 4. The van der Waals surface area contributed by atoms with E-state index in [2.05, 4.69) is 22.0 Å². The van der Waals surface area contributed by atoms with Crippen LogP contribution >= 0.6 is 11.3 Å². The molecule has 176 valence electrons. The Morgan fingerprint density at radius 3 is 2.50 bits per heavy atom. The monoisotopic (exact) mass is 476 g/mol. The molecule has 2 N–H and O–H groups in total. The summed E-state index contributed by atoms with van der Waals surface area (Å²) in [6.45, 7) is 4.77. The van der Waals surface area contributed by atoms with Crippen LogP contribution in [0.25, 0.3) is 21.1 Å². The van der Waals surface area contributed by atoms with Crippen molar-refractivity contribution in [1.82, 2.24) is 9.88 Å². The first-order valence-electron chi connectivity index (χ1n) is 11.5. The molecule has 1 aliphatic rings. The molecule has 3 heterocycles. The molecule has 34 heavy (non-hydrogen) atoms. The number of amides is 1. The van der Waals surface area contributed by atoms with Crippen LogP contribution in [0.4, 0.5) is 0 Å². The molecule has 2 atom stereocenters. The lowest BCUT2D eigenvalue weighted by Crippen LogP contribution is -2.46. The molecule has 1 amide bonds. The van der Waals surface area contributed by atoms with E-state index >= 15 is 0 Å². The Morgan fingerprint density at radius 2 is 1.85 bits per heavy atom. The molecular formula is C27H28N2O4S. The molecule has 2 aromatic heterocycles. The number of benzene rings is 2. The highest BCUT2D eigenvalue weighted by molar-refractivity contribution is 7.20. The van der Waals surface area contributed by atoms with Crippen molar-refractivity contribution >= 4 is 44.3 Å². The van der Waals surface area contributed by atoms with Crippen LogP contribution in [0.2, 0.25) is 0 Å². The predicted molar refractivity (Wildman–Crippen MR) is 135 cm³/mol. The molecule has 0 spiro atoms. The zero-order chi connectivity index (χ0) is 24.0. The second-order valence-electron chi connectivity index (χ2n) is 9.43. The van der Waals surface area contributed by atoms with Crippen molar-refractivity contribution in [3.63, 3.8) is 0 Å². The average molecular weight is 477 g/mol. The van der Waals surface area contributed by atoms with Gasteiger partial charge in [0, 0.05) is 36.4 Å². The Morgan fingerprint density at radius 1 is 1.12 bits per heavy atom. The minimum Gasteiger partial charge on any atom is -0.481 e. The van der Waals surface area contributed by atoms with E-state index in [1.807, 2.05) is 63.4 Å². The molecule has 0 bridgehead atoms. The molecule has 1 fully saturated rings. The largest absolute Gasteiger partial charge is 0.481 e. The molecular weight excluding hydrogens is 448 g/mol. The quantitative estimate of drug-likeness (QED) is 0.398. The van der Waals surface area contributed by atoms with Gasteiger partial charge in [-0.2, -0.15) is 0 Å². The summed E-state index contributed by atoms with van der Waals surface area (Å²) in [6.07, 6.45) is 0.665. The Labute approximate surface area is 202 Å². The van der Waals surface area contributed by atoms with Gasteiger partial charge in [0.25, 0.3) is 5.91 Å². The van der Waals surface area contributed by atoms with E-state index in [1.165, 1.54) is 11.3 Å². The van der Waals surface area contributed by atoms with Gasteiger partial charge in [-0.15, -0.1) is 11.3 Å². The van der Waals surface area contributed by atoms with E-state index in [-0.39, 0.29) is 11.8 Å². The number of carbonyl (C=O) groups excluding carboxylic acids is 1. The standard InChI is InChI=1S/C27H28N2O4S/c1-16(2)23(26(31)32)17-8-10-18(11-9-17)27(12-13-33-15-27)28-24(30)22-14-20-19-6-4-5-7-21(19)29(3)25(20)34-22/h4-11,14,16,23H,12-13,15H2,1-3H3,(H,28,30)(H,31,32). The lowest BCUT2D eigenvalue weighted by Gasteiger charge is -2.30. The highest BCUT2D eigenvalue weighted by Gasteiger charge is 2.39. The van der Waals surface area contributed by atoms with Crippen LogP contribution in [-0.2, 0) is 22.1 Å². The third-order valence-electron chi connectivity index (χ3n) is 6.93. The summed E-state index contributed by atoms with van der Waals surface area (Å²) in [5.41, 5.74) is 2.21. The molecule has 1 saturated heterocycles. The van der Waals surface area contributed by atoms with E-state index in [9.17, 15) is 14.7 Å². The van der Waals surface area contributed by atoms with Gasteiger partial charge in [0.05, 0.1) is 22.9 Å². The number of ether oxygens (including phenoxy) is 1. The molecule has 6 nitrogen and oxygen atoms in total. The molecule has 5 rings (SSSR count). The topological polar surface area (TPSA) is 80.6 Å². The average Bonchev–Trinajstić information content (AvgIpc) is 3.52. The lowest BCUT2D eigenvalue weighted by molar-refractivity contribution is -0.139. The van der Waals surface area contributed by atoms with Gasteiger partial charge in [-0.3, -0.25) is 9.59 Å². The number of rotatable bonds is 6. The van der Waals surface area contributed by atoms with Crippen LogP contribution in [0.3, 0.4) is 0 Å². The van der Waals surface area contributed by atoms with Crippen molar-refractivity contribution in [2.24, 2.45) is 13.0 Å². The number of aryl methyl sites for hydroxylation is 1. The smallest absolute Gasteiger partial charge is 0.311 e. The van der Waals surface area contributed by atoms with Gasteiger partial charge in [0.15, 0.2) is 0 Å². The Bertz CT molecular complexity index is 1380. The molecule has 0 aliphatic carbocycles. The normalized spacial score (nSPS) is 19.2. The zero-order valence-corrected chi connectivity index (χ0v) is 20.3. The van der Waals surface area contributed by atoms with Crippen LogP contribution in [0.5, 0.6) is 0 Å². The summed E-state index contributed by atoms with van der Waals surface area (Å²) in [7, 11) is 2.03. The van der Waals surface area contributed by atoms with Crippen molar-refractivity contribution in [2.75, 3.05) is 13.2 Å². The maximum absolute atomic E-state index is 13.4. The number of thiophene rings is 1. The number of nitrogens with one attached hydrogen (secondary N) is 1. The van der Waals surface area contributed by atoms with Gasteiger partial charge in [-0.05, 0) is 29.2 Å². The summed E-state index contributed by atoms with van der Waals surface area (Å²) in [5, 5.41) is 15.1. The van der Waals surface area contributed by atoms with Crippen LogP contribution in [0.1, 0.15) is 47.0 Å². The van der Waals surface area contributed by atoms with Gasteiger partial charge in [-0.1, -0.05) is 56.3 Å². The van der Waals surface area contributed by atoms with Gasteiger partial charge in [0.2, 0.25) is 0 Å². The first-order chi connectivity index (χ1) is 16.3. The van der Waals surface area contributed by atoms with Crippen LogP contribution in [-0.4, -0.2) is 34.8 Å². The Hall–Kier alpha value is -3.16. The molecule has 0 saturated carbocycles. The van der Waals surface area contributed by atoms with Crippen molar-refractivity contribution in [3.05, 3.63) is 70.6 Å². The van der Waals surface area contributed by atoms with E-state index < -0.39 is 17.4 Å². The number of nitrogens with zero attached hydrogens (tertiary/aromatic N) is 1. The number of carbonyl (C=O) groups is 2. The van der Waals surface area contributed by atoms with Crippen molar-refractivity contribution in [3.8, 4) is 0 Å². The molecule has 7 heteroatoms. The maximum atomic E-state index is 13.4.